The zero-order valence-electron chi connectivity index (χ0n) is 13.6. The first-order valence-electron chi connectivity index (χ1n) is 8.34. The number of piperazine rings is 1. The molecular weight excluding hydrogens is 264 g/mol. The number of nitrogens with zero attached hydrogens (tertiary/aromatic N) is 5. The number of aryl methyl sites for hydroxylation is 1. The fourth-order valence-electron chi connectivity index (χ4n) is 4.08. The lowest BCUT2D eigenvalue weighted by Gasteiger charge is -2.53. The van der Waals surface area contributed by atoms with Gasteiger partial charge in [0.15, 0.2) is 5.82 Å². The molecule has 3 rings (SSSR count). The summed E-state index contributed by atoms with van der Waals surface area (Å²) in [6.45, 7) is 7.62. The van der Waals surface area contributed by atoms with Crippen LogP contribution in [0, 0.1) is 0 Å². The van der Waals surface area contributed by atoms with Gasteiger partial charge >= 0.3 is 0 Å². The van der Waals surface area contributed by atoms with Crippen molar-refractivity contribution >= 4 is 0 Å². The Morgan fingerprint density at radius 1 is 1.19 bits per heavy atom. The van der Waals surface area contributed by atoms with Crippen LogP contribution in [0.15, 0.2) is 0 Å². The zero-order valence-corrected chi connectivity index (χ0v) is 13.6. The molecule has 6 nitrogen and oxygen atoms in total. The first-order valence-corrected chi connectivity index (χ1v) is 8.34. The molecule has 0 atom stereocenters. The molecule has 2 aliphatic rings. The second-order valence-electron chi connectivity index (χ2n) is 6.82. The minimum absolute atomic E-state index is 0.246. The molecule has 1 aliphatic heterocycles. The van der Waals surface area contributed by atoms with E-state index in [9.17, 15) is 0 Å². The largest absolute Gasteiger partial charge is 0.308 e. The van der Waals surface area contributed by atoms with E-state index in [1.54, 1.807) is 4.80 Å². The third kappa shape index (κ3) is 2.71. The van der Waals surface area contributed by atoms with Crippen LogP contribution < -0.4 is 5.32 Å². The SMILES string of the molecule is CCC1(CC)CN(Cc2nnn(C)n2)C2(CCCC2)CN1. The zero-order chi connectivity index (χ0) is 14.9. The summed E-state index contributed by atoms with van der Waals surface area (Å²) in [7, 11) is 1.84. The second-order valence-corrected chi connectivity index (χ2v) is 6.82. The van der Waals surface area contributed by atoms with Gasteiger partial charge in [0.2, 0.25) is 0 Å². The van der Waals surface area contributed by atoms with Crippen LogP contribution >= 0.6 is 0 Å². The van der Waals surface area contributed by atoms with Crippen LogP contribution in [0.5, 0.6) is 0 Å². The Hall–Kier alpha value is -1.01. The van der Waals surface area contributed by atoms with Gasteiger partial charge in [0.05, 0.1) is 13.6 Å². The first kappa shape index (κ1) is 14.9. The fourth-order valence-corrected chi connectivity index (χ4v) is 4.08. The number of rotatable bonds is 4. The van der Waals surface area contributed by atoms with Crippen LogP contribution in [0.1, 0.15) is 58.2 Å². The van der Waals surface area contributed by atoms with Crippen molar-refractivity contribution in [3.05, 3.63) is 5.82 Å². The highest BCUT2D eigenvalue weighted by Gasteiger charge is 2.47. The minimum Gasteiger partial charge on any atom is -0.308 e. The van der Waals surface area contributed by atoms with Crippen molar-refractivity contribution in [3.63, 3.8) is 0 Å². The summed E-state index contributed by atoms with van der Waals surface area (Å²) in [6, 6.07) is 0. The van der Waals surface area contributed by atoms with Gasteiger partial charge < -0.3 is 5.32 Å². The van der Waals surface area contributed by atoms with Gasteiger partial charge in [-0.3, -0.25) is 4.90 Å². The molecule has 0 aromatic carbocycles. The number of hydrogen-bond donors (Lipinski definition) is 1. The van der Waals surface area contributed by atoms with E-state index < -0.39 is 0 Å². The summed E-state index contributed by atoms with van der Waals surface area (Å²) in [5, 5.41) is 16.5. The van der Waals surface area contributed by atoms with Crippen molar-refractivity contribution in [2.75, 3.05) is 13.1 Å². The standard InChI is InChI=1S/C15H28N6/c1-4-14(5-2)12-21(10-13-17-19-20(3)18-13)15(11-16-14)8-6-7-9-15/h16H,4-12H2,1-3H3. The first-order chi connectivity index (χ1) is 10.1. The number of tetrazole rings is 1. The number of aromatic nitrogens is 4. The molecular formula is C15H28N6. The van der Waals surface area contributed by atoms with Crippen LogP contribution in [0.25, 0.3) is 0 Å². The van der Waals surface area contributed by atoms with Crippen LogP contribution in [0.4, 0.5) is 0 Å². The summed E-state index contributed by atoms with van der Waals surface area (Å²) >= 11 is 0. The Morgan fingerprint density at radius 3 is 2.48 bits per heavy atom. The van der Waals surface area contributed by atoms with Gasteiger partial charge in [-0.2, -0.15) is 4.80 Å². The van der Waals surface area contributed by atoms with Crippen molar-refractivity contribution in [1.82, 2.24) is 30.4 Å². The molecule has 1 spiro atoms. The van der Waals surface area contributed by atoms with Crippen molar-refractivity contribution in [1.29, 1.82) is 0 Å². The van der Waals surface area contributed by atoms with Gasteiger partial charge in [0.25, 0.3) is 0 Å². The Morgan fingerprint density at radius 2 is 1.90 bits per heavy atom. The van der Waals surface area contributed by atoms with Crippen LogP contribution in [0.3, 0.4) is 0 Å². The predicted molar refractivity (Wildman–Crippen MR) is 81.7 cm³/mol. The summed E-state index contributed by atoms with van der Waals surface area (Å²) in [5.41, 5.74) is 0.559. The average Bonchev–Trinajstić information content (AvgIpc) is 3.12. The molecule has 1 aliphatic carbocycles. The molecule has 1 N–H and O–H groups in total. The minimum atomic E-state index is 0.246. The molecule has 2 heterocycles. The highest BCUT2D eigenvalue weighted by molar-refractivity contribution is 5.07. The molecule has 1 aromatic heterocycles. The Bertz CT molecular complexity index is 472. The molecule has 118 valence electrons. The predicted octanol–water partition coefficient (Wildman–Crippen LogP) is 1.49. The van der Waals surface area contributed by atoms with Gasteiger partial charge in [-0.25, -0.2) is 0 Å². The Kier molecular flexibility index (Phi) is 4.01. The maximum Gasteiger partial charge on any atom is 0.188 e. The quantitative estimate of drug-likeness (QED) is 0.911. The van der Waals surface area contributed by atoms with Gasteiger partial charge in [0.1, 0.15) is 0 Å². The fraction of sp³-hybridized carbons (Fsp3) is 0.933. The smallest absolute Gasteiger partial charge is 0.188 e. The van der Waals surface area contributed by atoms with E-state index >= 15 is 0 Å². The monoisotopic (exact) mass is 292 g/mol. The highest BCUT2D eigenvalue weighted by Crippen LogP contribution is 2.40. The van der Waals surface area contributed by atoms with Crippen molar-refractivity contribution in [3.8, 4) is 0 Å². The van der Waals surface area contributed by atoms with E-state index in [0.717, 1.165) is 25.5 Å². The molecule has 0 amide bonds. The van der Waals surface area contributed by atoms with Crippen LogP contribution in [0.2, 0.25) is 0 Å². The van der Waals surface area contributed by atoms with Gasteiger partial charge in [-0.1, -0.05) is 26.7 Å². The topological polar surface area (TPSA) is 58.9 Å². The molecule has 2 fully saturated rings. The maximum absolute atomic E-state index is 4.39. The van der Waals surface area contributed by atoms with Crippen molar-refractivity contribution in [2.45, 2.75) is 70.0 Å². The Balaban J connectivity index is 1.82. The third-order valence-corrected chi connectivity index (χ3v) is 5.73. The summed E-state index contributed by atoms with van der Waals surface area (Å²) < 4.78 is 0. The molecule has 1 saturated carbocycles. The van der Waals surface area contributed by atoms with Gasteiger partial charge in [-0.05, 0) is 30.9 Å². The molecule has 0 radical (unpaired) electrons. The summed E-state index contributed by atoms with van der Waals surface area (Å²) in [4.78, 5) is 4.21. The highest BCUT2D eigenvalue weighted by atomic mass is 15.6. The van der Waals surface area contributed by atoms with Crippen molar-refractivity contribution in [2.24, 2.45) is 7.05 Å². The molecule has 0 unspecified atom stereocenters. The van der Waals surface area contributed by atoms with Crippen molar-refractivity contribution < 1.29 is 0 Å². The Labute approximate surface area is 127 Å². The lowest BCUT2D eigenvalue weighted by atomic mass is 9.82. The van der Waals surface area contributed by atoms with E-state index in [4.69, 9.17) is 0 Å². The van der Waals surface area contributed by atoms with Crippen LogP contribution in [-0.2, 0) is 13.6 Å². The second kappa shape index (κ2) is 5.65. The summed E-state index contributed by atoms with van der Waals surface area (Å²) in [5.74, 6) is 0.854. The third-order valence-electron chi connectivity index (χ3n) is 5.73. The van der Waals surface area contributed by atoms with E-state index in [1.807, 2.05) is 7.05 Å². The van der Waals surface area contributed by atoms with Crippen LogP contribution in [-0.4, -0.2) is 49.3 Å². The van der Waals surface area contributed by atoms with Gasteiger partial charge in [0, 0.05) is 24.2 Å². The van der Waals surface area contributed by atoms with E-state index in [1.165, 1.54) is 38.5 Å². The normalized spacial score (nSPS) is 24.7. The molecule has 0 bridgehead atoms. The average molecular weight is 292 g/mol. The molecule has 6 heteroatoms. The van der Waals surface area contributed by atoms with E-state index in [2.05, 4.69) is 39.5 Å². The number of hydrogen-bond acceptors (Lipinski definition) is 5. The maximum atomic E-state index is 4.39. The molecule has 1 saturated heterocycles. The molecule has 1 aromatic rings. The summed E-state index contributed by atoms with van der Waals surface area (Å²) in [6.07, 6.45) is 7.62. The lowest BCUT2D eigenvalue weighted by molar-refractivity contribution is -0.00388. The lowest BCUT2D eigenvalue weighted by Crippen LogP contribution is -2.68. The van der Waals surface area contributed by atoms with E-state index in [0.29, 0.717) is 5.54 Å². The van der Waals surface area contributed by atoms with E-state index in [-0.39, 0.29) is 5.54 Å². The number of nitrogens with one attached hydrogen (secondary N) is 1. The molecule has 21 heavy (non-hydrogen) atoms. The van der Waals surface area contributed by atoms with Gasteiger partial charge in [-0.15, -0.1) is 10.2 Å².